The average Bonchev–Trinajstić information content (AvgIpc) is 3.20. The fourth-order valence-corrected chi connectivity index (χ4v) is 2.32. The first kappa shape index (κ1) is 13.7. The van der Waals surface area contributed by atoms with Crippen LogP contribution in [0.1, 0.15) is 32.6 Å². The Balaban J connectivity index is 1.70. The van der Waals surface area contributed by atoms with Crippen molar-refractivity contribution in [2.24, 2.45) is 0 Å². The molecular formula is C15H23ClN2. The van der Waals surface area contributed by atoms with Gasteiger partial charge < -0.3 is 5.32 Å². The molecule has 1 aliphatic rings. The second-order valence-electron chi connectivity index (χ2n) is 5.05. The van der Waals surface area contributed by atoms with Crippen molar-refractivity contribution in [2.45, 2.75) is 38.6 Å². The molecule has 3 heteroatoms. The molecule has 2 rings (SSSR count). The molecule has 0 radical (unpaired) electrons. The van der Waals surface area contributed by atoms with E-state index in [4.69, 9.17) is 11.6 Å². The second kappa shape index (κ2) is 7.01. The summed E-state index contributed by atoms with van der Waals surface area (Å²) < 4.78 is 0. The number of nitrogens with zero attached hydrogens (tertiary/aromatic N) is 1. The number of unbranched alkanes of at least 4 members (excludes halogenated alkanes) is 1. The molecule has 100 valence electrons. The molecular weight excluding hydrogens is 244 g/mol. The van der Waals surface area contributed by atoms with Gasteiger partial charge in [-0.05, 0) is 50.1 Å². The van der Waals surface area contributed by atoms with Gasteiger partial charge in [-0.25, -0.2) is 0 Å². The number of halogens is 1. The number of anilines is 1. The zero-order valence-corrected chi connectivity index (χ0v) is 11.9. The van der Waals surface area contributed by atoms with Crippen molar-refractivity contribution in [2.75, 3.05) is 25.0 Å². The summed E-state index contributed by atoms with van der Waals surface area (Å²) in [5.41, 5.74) is 1.16. The van der Waals surface area contributed by atoms with Gasteiger partial charge in [-0.1, -0.05) is 24.9 Å². The van der Waals surface area contributed by atoms with Crippen LogP contribution < -0.4 is 5.32 Å². The molecule has 1 aliphatic carbocycles. The highest BCUT2D eigenvalue weighted by Crippen LogP contribution is 2.26. The van der Waals surface area contributed by atoms with Crippen molar-refractivity contribution >= 4 is 17.3 Å². The van der Waals surface area contributed by atoms with E-state index < -0.39 is 0 Å². The first-order chi connectivity index (χ1) is 8.79. The summed E-state index contributed by atoms with van der Waals surface area (Å²) in [6.07, 6.45) is 5.39. The summed E-state index contributed by atoms with van der Waals surface area (Å²) in [5.74, 6) is 0. The molecule has 0 aliphatic heterocycles. The Kier molecular flexibility index (Phi) is 5.33. The van der Waals surface area contributed by atoms with Crippen LogP contribution in [0.3, 0.4) is 0 Å². The number of benzene rings is 1. The molecule has 0 bridgehead atoms. The lowest BCUT2D eigenvalue weighted by molar-refractivity contribution is 0.269. The largest absolute Gasteiger partial charge is 0.384 e. The minimum absolute atomic E-state index is 0.795. The third-order valence-electron chi connectivity index (χ3n) is 3.43. The highest BCUT2D eigenvalue weighted by molar-refractivity contribution is 6.30. The summed E-state index contributed by atoms with van der Waals surface area (Å²) in [6, 6.07) is 8.80. The molecule has 1 aromatic carbocycles. The van der Waals surface area contributed by atoms with Crippen LogP contribution in [-0.4, -0.2) is 30.6 Å². The fraction of sp³-hybridized carbons (Fsp3) is 0.600. The predicted octanol–water partition coefficient (Wildman–Crippen LogP) is 4.02. The summed E-state index contributed by atoms with van der Waals surface area (Å²) in [6.45, 7) is 5.68. The standard InChI is InChI=1S/C15H23ClN2/c1-2-3-11-18(15-8-9-15)12-10-17-14-6-4-13(16)5-7-14/h4-7,15,17H,2-3,8-12H2,1H3. The van der Waals surface area contributed by atoms with Crippen molar-refractivity contribution in [3.63, 3.8) is 0 Å². The fourth-order valence-electron chi connectivity index (χ4n) is 2.19. The lowest BCUT2D eigenvalue weighted by Gasteiger charge is -2.22. The third kappa shape index (κ3) is 4.51. The van der Waals surface area contributed by atoms with E-state index >= 15 is 0 Å². The summed E-state index contributed by atoms with van der Waals surface area (Å²) >= 11 is 5.87. The van der Waals surface area contributed by atoms with Gasteiger partial charge in [-0.15, -0.1) is 0 Å². The smallest absolute Gasteiger partial charge is 0.0407 e. The lowest BCUT2D eigenvalue weighted by Crippen LogP contribution is -2.32. The van der Waals surface area contributed by atoms with Gasteiger partial charge in [0.25, 0.3) is 0 Å². The molecule has 2 nitrogen and oxygen atoms in total. The van der Waals surface area contributed by atoms with Gasteiger partial charge in [-0.3, -0.25) is 4.90 Å². The maximum Gasteiger partial charge on any atom is 0.0407 e. The Labute approximate surface area is 115 Å². The van der Waals surface area contributed by atoms with E-state index in [9.17, 15) is 0 Å². The Morgan fingerprint density at radius 3 is 2.56 bits per heavy atom. The average molecular weight is 267 g/mol. The molecule has 1 saturated carbocycles. The predicted molar refractivity (Wildman–Crippen MR) is 79.4 cm³/mol. The SMILES string of the molecule is CCCCN(CCNc1ccc(Cl)cc1)C1CC1. The van der Waals surface area contributed by atoms with Gasteiger partial charge in [0.1, 0.15) is 0 Å². The molecule has 0 aromatic heterocycles. The summed E-state index contributed by atoms with van der Waals surface area (Å²) in [5, 5.41) is 4.26. The number of hydrogen-bond donors (Lipinski definition) is 1. The molecule has 0 saturated heterocycles. The maximum absolute atomic E-state index is 5.87. The quantitative estimate of drug-likeness (QED) is 0.765. The van der Waals surface area contributed by atoms with Gasteiger partial charge in [-0.2, -0.15) is 0 Å². The van der Waals surface area contributed by atoms with E-state index in [0.29, 0.717) is 0 Å². The van der Waals surface area contributed by atoms with Gasteiger partial charge in [0.15, 0.2) is 0 Å². The number of nitrogens with one attached hydrogen (secondary N) is 1. The molecule has 0 atom stereocenters. The normalized spacial score (nSPS) is 15.1. The minimum atomic E-state index is 0.795. The number of hydrogen-bond acceptors (Lipinski definition) is 2. The third-order valence-corrected chi connectivity index (χ3v) is 3.69. The van der Waals surface area contributed by atoms with Crippen LogP contribution in [0, 0.1) is 0 Å². The first-order valence-electron chi connectivity index (χ1n) is 7.03. The zero-order chi connectivity index (χ0) is 12.8. The van der Waals surface area contributed by atoms with Crippen molar-refractivity contribution < 1.29 is 0 Å². The van der Waals surface area contributed by atoms with E-state index in [0.717, 1.165) is 29.8 Å². The maximum atomic E-state index is 5.87. The summed E-state index contributed by atoms with van der Waals surface area (Å²) in [7, 11) is 0. The van der Waals surface area contributed by atoms with Crippen LogP contribution in [0.15, 0.2) is 24.3 Å². The lowest BCUT2D eigenvalue weighted by atomic mass is 10.3. The van der Waals surface area contributed by atoms with E-state index in [1.807, 2.05) is 24.3 Å². The van der Waals surface area contributed by atoms with Crippen LogP contribution in [-0.2, 0) is 0 Å². The molecule has 1 aromatic rings. The van der Waals surface area contributed by atoms with Gasteiger partial charge in [0.2, 0.25) is 0 Å². The Bertz CT molecular complexity index is 346. The molecule has 0 amide bonds. The first-order valence-corrected chi connectivity index (χ1v) is 7.41. The second-order valence-corrected chi connectivity index (χ2v) is 5.49. The topological polar surface area (TPSA) is 15.3 Å². The zero-order valence-electron chi connectivity index (χ0n) is 11.2. The van der Waals surface area contributed by atoms with Crippen LogP contribution >= 0.6 is 11.6 Å². The molecule has 1 fully saturated rings. The minimum Gasteiger partial charge on any atom is -0.384 e. The van der Waals surface area contributed by atoms with Crippen LogP contribution in [0.5, 0.6) is 0 Å². The van der Waals surface area contributed by atoms with Gasteiger partial charge >= 0.3 is 0 Å². The summed E-state index contributed by atoms with van der Waals surface area (Å²) in [4.78, 5) is 2.63. The van der Waals surface area contributed by atoms with E-state index in [1.165, 1.54) is 32.2 Å². The van der Waals surface area contributed by atoms with Crippen molar-refractivity contribution in [1.82, 2.24) is 4.90 Å². The monoisotopic (exact) mass is 266 g/mol. The van der Waals surface area contributed by atoms with E-state index in [2.05, 4.69) is 17.1 Å². The van der Waals surface area contributed by atoms with Crippen LogP contribution in [0.4, 0.5) is 5.69 Å². The van der Waals surface area contributed by atoms with E-state index in [-0.39, 0.29) is 0 Å². The number of rotatable bonds is 8. The van der Waals surface area contributed by atoms with Crippen molar-refractivity contribution in [1.29, 1.82) is 0 Å². The molecule has 1 N–H and O–H groups in total. The van der Waals surface area contributed by atoms with Crippen LogP contribution in [0.2, 0.25) is 5.02 Å². The highest BCUT2D eigenvalue weighted by atomic mass is 35.5. The van der Waals surface area contributed by atoms with Gasteiger partial charge in [0, 0.05) is 29.8 Å². The van der Waals surface area contributed by atoms with Crippen LogP contribution in [0.25, 0.3) is 0 Å². The molecule has 0 spiro atoms. The Morgan fingerprint density at radius 2 is 1.94 bits per heavy atom. The van der Waals surface area contributed by atoms with Gasteiger partial charge in [0.05, 0.1) is 0 Å². The Morgan fingerprint density at radius 1 is 1.22 bits per heavy atom. The van der Waals surface area contributed by atoms with E-state index in [1.54, 1.807) is 0 Å². The molecule has 18 heavy (non-hydrogen) atoms. The van der Waals surface area contributed by atoms with Crippen molar-refractivity contribution in [3.8, 4) is 0 Å². The highest BCUT2D eigenvalue weighted by Gasteiger charge is 2.27. The molecule has 0 heterocycles. The van der Waals surface area contributed by atoms with Crippen molar-refractivity contribution in [3.05, 3.63) is 29.3 Å². The molecule has 0 unspecified atom stereocenters. The Hall–Kier alpha value is -0.730.